The summed E-state index contributed by atoms with van der Waals surface area (Å²) in [5.74, 6) is 0. The van der Waals surface area contributed by atoms with Crippen LogP contribution in [0.15, 0.2) is 0 Å². The fraction of sp³-hybridized carbons (Fsp3) is 1.00. The summed E-state index contributed by atoms with van der Waals surface area (Å²) < 4.78 is 11.0. The van der Waals surface area contributed by atoms with Crippen molar-refractivity contribution in [2.24, 2.45) is 5.73 Å². The highest BCUT2D eigenvalue weighted by molar-refractivity contribution is 4.92. The Balaban J connectivity index is 2.08. The van der Waals surface area contributed by atoms with Crippen LogP contribution in [0, 0.1) is 0 Å². The molecule has 5 N–H and O–H groups in total. The van der Waals surface area contributed by atoms with Gasteiger partial charge in [0.2, 0.25) is 0 Å². The third-order valence-corrected chi connectivity index (χ3v) is 5.52. The number of hydrogen-bond acceptors (Lipinski definition) is 6. The highest BCUT2D eigenvalue weighted by atomic mass is 16.6. The van der Waals surface area contributed by atoms with E-state index in [1.54, 1.807) is 0 Å². The molecule has 1 rings (SSSR count). The first-order chi connectivity index (χ1) is 13.0. The zero-order valence-corrected chi connectivity index (χ0v) is 17.4. The topological polar surface area (TPSA) is 105 Å². The predicted molar refractivity (Wildman–Crippen MR) is 107 cm³/mol. The average Bonchev–Trinajstić information content (AvgIpc) is 2.66. The van der Waals surface area contributed by atoms with Crippen LogP contribution in [-0.2, 0) is 9.47 Å². The first-order valence-corrected chi connectivity index (χ1v) is 11.0. The third-order valence-electron chi connectivity index (χ3n) is 5.52. The largest absolute Gasteiger partial charge is 0.394 e. The summed E-state index contributed by atoms with van der Waals surface area (Å²) in [6.07, 6.45) is 11.3. The zero-order chi connectivity index (χ0) is 20.1. The van der Waals surface area contributed by atoms with Gasteiger partial charge in [-0.3, -0.25) is 0 Å². The maximum atomic E-state index is 10.2. The van der Waals surface area contributed by atoms with E-state index < -0.39 is 30.6 Å². The molecule has 0 saturated carbocycles. The zero-order valence-electron chi connectivity index (χ0n) is 17.4. The molecule has 0 amide bonds. The molecule has 6 atom stereocenters. The molecule has 0 aliphatic carbocycles. The Labute approximate surface area is 165 Å². The molecule has 1 heterocycles. The van der Waals surface area contributed by atoms with Gasteiger partial charge in [-0.2, -0.15) is 0 Å². The molecular formula is C21H43NO5. The van der Waals surface area contributed by atoms with Gasteiger partial charge >= 0.3 is 0 Å². The molecule has 0 aromatic rings. The summed E-state index contributed by atoms with van der Waals surface area (Å²) in [7, 11) is 0. The van der Waals surface area contributed by atoms with Crippen molar-refractivity contribution in [3.63, 3.8) is 0 Å². The predicted octanol–water partition coefficient (Wildman–Crippen LogP) is 2.86. The van der Waals surface area contributed by atoms with Gasteiger partial charge in [0.1, 0.15) is 18.3 Å². The first-order valence-electron chi connectivity index (χ1n) is 11.0. The summed E-state index contributed by atoms with van der Waals surface area (Å²) in [6, 6.07) is -0.817. The van der Waals surface area contributed by atoms with Gasteiger partial charge in [0.15, 0.2) is 6.29 Å². The van der Waals surface area contributed by atoms with Gasteiger partial charge < -0.3 is 30.5 Å². The Morgan fingerprint density at radius 3 is 1.96 bits per heavy atom. The molecule has 6 nitrogen and oxygen atoms in total. The number of ether oxygens (including phenoxy) is 2. The molecule has 0 aromatic carbocycles. The van der Waals surface area contributed by atoms with Crippen LogP contribution in [0.4, 0.5) is 0 Å². The lowest BCUT2D eigenvalue weighted by molar-refractivity contribution is -0.263. The second kappa shape index (κ2) is 14.7. The number of aliphatic hydroxyl groups is 3. The van der Waals surface area contributed by atoms with Crippen molar-refractivity contribution >= 4 is 0 Å². The fourth-order valence-electron chi connectivity index (χ4n) is 3.71. The van der Waals surface area contributed by atoms with E-state index in [4.69, 9.17) is 15.2 Å². The van der Waals surface area contributed by atoms with E-state index in [0.717, 1.165) is 12.8 Å². The molecule has 0 bridgehead atoms. The van der Waals surface area contributed by atoms with Crippen LogP contribution in [0.3, 0.4) is 0 Å². The second-order valence-corrected chi connectivity index (χ2v) is 8.05. The van der Waals surface area contributed by atoms with Crippen molar-refractivity contribution in [3.05, 3.63) is 0 Å². The summed E-state index contributed by atoms with van der Waals surface area (Å²) in [5, 5.41) is 29.3. The summed E-state index contributed by atoms with van der Waals surface area (Å²) >= 11 is 0. The average molecular weight is 390 g/mol. The van der Waals surface area contributed by atoms with Gasteiger partial charge in [-0.15, -0.1) is 0 Å². The van der Waals surface area contributed by atoms with E-state index in [1.807, 2.05) is 6.92 Å². The van der Waals surface area contributed by atoms with Crippen LogP contribution in [0.1, 0.15) is 90.9 Å². The maximum Gasteiger partial charge on any atom is 0.173 e. The molecule has 1 aliphatic heterocycles. The Kier molecular flexibility index (Phi) is 13.5. The van der Waals surface area contributed by atoms with E-state index in [1.165, 1.54) is 64.2 Å². The minimum atomic E-state index is -1.23. The van der Waals surface area contributed by atoms with Crippen molar-refractivity contribution in [3.8, 4) is 0 Å². The van der Waals surface area contributed by atoms with Crippen LogP contribution in [-0.4, -0.2) is 58.7 Å². The highest BCUT2D eigenvalue weighted by Crippen LogP contribution is 2.23. The highest BCUT2D eigenvalue weighted by Gasteiger charge is 2.43. The lowest BCUT2D eigenvalue weighted by Gasteiger charge is -2.41. The number of hydrogen-bond donors (Lipinski definition) is 4. The quantitative estimate of drug-likeness (QED) is 0.321. The van der Waals surface area contributed by atoms with Crippen LogP contribution < -0.4 is 5.73 Å². The van der Waals surface area contributed by atoms with Gasteiger partial charge in [-0.25, -0.2) is 0 Å². The van der Waals surface area contributed by atoms with Crippen molar-refractivity contribution in [2.75, 3.05) is 6.61 Å². The molecule has 1 aliphatic rings. The second-order valence-electron chi connectivity index (χ2n) is 8.05. The molecule has 0 aromatic heterocycles. The van der Waals surface area contributed by atoms with Gasteiger partial charge in [0, 0.05) is 0 Å². The van der Waals surface area contributed by atoms with Gasteiger partial charge in [0.25, 0.3) is 0 Å². The van der Waals surface area contributed by atoms with Gasteiger partial charge in [0.05, 0.1) is 18.8 Å². The van der Waals surface area contributed by atoms with E-state index in [9.17, 15) is 15.3 Å². The molecule has 0 radical (unpaired) electrons. The van der Waals surface area contributed by atoms with Crippen LogP contribution >= 0.6 is 0 Å². The van der Waals surface area contributed by atoms with E-state index in [0.29, 0.717) is 0 Å². The van der Waals surface area contributed by atoms with Crippen molar-refractivity contribution in [1.29, 1.82) is 0 Å². The summed E-state index contributed by atoms with van der Waals surface area (Å²) in [4.78, 5) is 0. The molecule has 1 fully saturated rings. The van der Waals surface area contributed by atoms with Crippen LogP contribution in [0.2, 0.25) is 0 Å². The van der Waals surface area contributed by atoms with Crippen molar-refractivity contribution < 1.29 is 24.8 Å². The molecule has 6 heteroatoms. The van der Waals surface area contributed by atoms with E-state index in [2.05, 4.69) is 6.92 Å². The molecule has 27 heavy (non-hydrogen) atoms. The monoisotopic (exact) mass is 389 g/mol. The third kappa shape index (κ3) is 9.68. The minimum Gasteiger partial charge on any atom is -0.394 e. The fourth-order valence-corrected chi connectivity index (χ4v) is 3.71. The molecule has 1 saturated heterocycles. The lowest BCUT2D eigenvalue weighted by Crippen LogP contribution is -2.63. The van der Waals surface area contributed by atoms with Crippen molar-refractivity contribution in [2.45, 2.75) is 128 Å². The van der Waals surface area contributed by atoms with Gasteiger partial charge in [-0.05, 0) is 13.3 Å². The number of rotatable bonds is 15. The Hall–Kier alpha value is -0.240. The summed E-state index contributed by atoms with van der Waals surface area (Å²) in [6.45, 7) is 3.84. The van der Waals surface area contributed by atoms with Crippen molar-refractivity contribution in [1.82, 2.24) is 0 Å². The number of nitrogens with two attached hydrogens (primary N) is 1. The van der Waals surface area contributed by atoms with Gasteiger partial charge in [-0.1, -0.05) is 77.6 Å². The maximum absolute atomic E-state index is 10.2. The van der Waals surface area contributed by atoms with E-state index >= 15 is 0 Å². The summed E-state index contributed by atoms with van der Waals surface area (Å²) in [5.41, 5.74) is 5.90. The Morgan fingerprint density at radius 1 is 0.926 bits per heavy atom. The van der Waals surface area contributed by atoms with Crippen LogP contribution in [0.5, 0.6) is 0 Å². The first kappa shape index (κ1) is 24.8. The standard InChI is InChI=1S/C21H43NO5/c1-3-4-5-6-7-8-9-10-11-12-13-14-16(2)26-20-18(22)21(25)27-17(15-23)19(20)24/h16-21,23-25H,3-15,22H2,1-2H3/t16?,17-,18-,19-,20-,21+/m1/s1. The molecular weight excluding hydrogens is 346 g/mol. The van der Waals surface area contributed by atoms with E-state index in [-0.39, 0.29) is 12.7 Å². The lowest BCUT2D eigenvalue weighted by atomic mass is 9.97. The number of aliphatic hydroxyl groups excluding tert-OH is 3. The molecule has 0 spiro atoms. The molecule has 162 valence electrons. The normalized spacial score (nSPS) is 29.8. The number of unbranched alkanes of at least 4 members (excludes halogenated alkanes) is 10. The smallest absolute Gasteiger partial charge is 0.173 e. The Morgan fingerprint density at radius 2 is 1.44 bits per heavy atom. The Bertz CT molecular complexity index is 357. The van der Waals surface area contributed by atoms with Crippen LogP contribution in [0.25, 0.3) is 0 Å². The SMILES string of the molecule is CCCCCCCCCCCCCC(C)O[C@@H]1[C@@H](N)[C@@H](O)O[C@H](CO)[C@H]1O. The molecule has 1 unspecified atom stereocenters. The minimum absolute atomic E-state index is 0.0566.